The highest BCUT2D eigenvalue weighted by atomic mass is 35.5. The van der Waals surface area contributed by atoms with Gasteiger partial charge in [0.05, 0.1) is 6.61 Å². The van der Waals surface area contributed by atoms with Crippen LogP contribution in [0.2, 0.25) is 5.02 Å². The standard InChI is InChI=1S/C15H21ClFNO/c1-11-8-15(9-11,10-18-6-7-19-2)14-12(16)4-3-5-13(14)17/h3-5,11,18H,6-10H2,1-2H3. The second kappa shape index (κ2) is 6.21. The zero-order valence-electron chi connectivity index (χ0n) is 11.5. The molecule has 1 aromatic carbocycles. The monoisotopic (exact) mass is 285 g/mol. The number of rotatable bonds is 6. The molecule has 1 aromatic rings. The van der Waals surface area contributed by atoms with Crippen molar-refractivity contribution in [2.75, 3.05) is 26.8 Å². The summed E-state index contributed by atoms with van der Waals surface area (Å²) in [5.74, 6) is 0.438. The Kier molecular flexibility index (Phi) is 4.82. The molecule has 4 heteroatoms. The molecule has 0 heterocycles. The fourth-order valence-electron chi connectivity index (χ4n) is 3.22. The van der Waals surface area contributed by atoms with Crippen LogP contribution in [0, 0.1) is 11.7 Å². The highest BCUT2D eigenvalue weighted by molar-refractivity contribution is 6.31. The van der Waals surface area contributed by atoms with Crippen LogP contribution in [0.4, 0.5) is 4.39 Å². The molecule has 1 aliphatic carbocycles. The number of hydrogen-bond donors (Lipinski definition) is 1. The summed E-state index contributed by atoms with van der Waals surface area (Å²) < 4.78 is 19.2. The number of benzene rings is 1. The molecule has 0 bridgehead atoms. The molecule has 0 aromatic heterocycles. The van der Waals surface area contributed by atoms with Gasteiger partial charge in [0.25, 0.3) is 0 Å². The van der Waals surface area contributed by atoms with Gasteiger partial charge in [0.1, 0.15) is 5.82 Å². The lowest BCUT2D eigenvalue weighted by Gasteiger charge is -2.47. The zero-order valence-corrected chi connectivity index (χ0v) is 12.3. The fraction of sp³-hybridized carbons (Fsp3) is 0.600. The number of halogens is 2. The van der Waals surface area contributed by atoms with Crippen LogP contribution in [-0.4, -0.2) is 26.8 Å². The minimum atomic E-state index is -0.187. The molecule has 0 aliphatic heterocycles. The molecular weight excluding hydrogens is 265 g/mol. The molecule has 0 amide bonds. The van der Waals surface area contributed by atoms with Crippen molar-refractivity contribution >= 4 is 11.6 Å². The van der Waals surface area contributed by atoms with Gasteiger partial charge in [-0.05, 0) is 30.9 Å². The van der Waals surface area contributed by atoms with Gasteiger partial charge in [0.15, 0.2) is 0 Å². The summed E-state index contributed by atoms with van der Waals surface area (Å²) in [5, 5.41) is 3.89. The molecule has 1 saturated carbocycles. The molecule has 0 saturated heterocycles. The van der Waals surface area contributed by atoms with E-state index in [9.17, 15) is 4.39 Å². The normalized spacial score (nSPS) is 26.2. The van der Waals surface area contributed by atoms with Crippen LogP contribution >= 0.6 is 11.6 Å². The summed E-state index contributed by atoms with van der Waals surface area (Å²) in [6, 6.07) is 4.94. The van der Waals surface area contributed by atoms with Crippen molar-refractivity contribution in [3.63, 3.8) is 0 Å². The van der Waals surface area contributed by atoms with Gasteiger partial charge >= 0.3 is 0 Å². The Hall–Kier alpha value is -0.640. The minimum absolute atomic E-state index is 0.157. The maximum absolute atomic E-state index is 14.1. The van der Waals surface area contributed by atoms with Gasteiger partial charge in [-0.1, -0.05) is 24.6 Å². The number of methoxy groups -OCH3 is 1. The van der Waals surface area contributed by atoms with Crippen LogP contribution in [0.15, 0.2) is 18.2 Å². The summed E-state index contributed by atoms with van der Waals surface area (Å²) in [5.41, 5.74) is 0.523. The van der Waals surface area contributed by atoms with Crippen LogP contribution in [0.5, 0.6) is 0 Å². The first-order valence-corrected chi connectivity index (χ1v) is 7.11. The highest BCUT2D eigenvalue weighted by Crippen LogP contribution is 2.50. The van der Waals surface area contributed by atoms with Crippen LogP contribution in [0.3, 0.4) is 0 Å². The Balaban J connectivity index is 2.15. The van der Waals surface area contributed by atoms with E-state index in [2.05, 4.69) is 12.2 Å². The van der Waals surface area contributed by atoms with E-state index in [1.807, 2.05) is 0 Å². The van der Waals surface area contributed by atoms with Gasteiger partial charge in [-0.25, -0.2) is 4.39 Å². The van der Waals surface area contributed by atoms with Crippen molar-refractivity contribution in [2.45, 2.75) is 25.2 Å². The Morgan fingerprint density at radius 1 is 1.47 bits per heavy atom. The Morgan fingerprint density at radius 2 is 2.21 bits per heavy atom. The zero-order chi connectivity index (χ0) is 13.9. The van der Waals surface area contributed by atoms with E-state index in [1.165, 1.54) is 6.07 Å². The van der Waals surface area contributed by atoms with Crippen LogP contribution < -0.4 is 5.32 Å². The quantitative estimate of drug-likeness (QED) is 0.809. The van der Waals surface area contributed by atoms with Gasteiger partial charge in [-0.3, -0.25) is 0 Å². The van der Waals surface area contributed by atoms with Crippen molar-refractivity contribution in [3.05, 3.63) is 34.6 Å². The molecule has 2 nitrogen and oxygen atoms in total. The van der Waals surface area contributed by atoms with Gasteiger partial charge in [0, 0.05) is 36.2 Å². The molecule has 1 aliphatic rings. The molecular formula is C15H21ClFNO. The van der Waals surface area contributed by atoms with E-state index in [1.54, 1.807) is 19.2 Å². The summed E-state index contributed by atoms with van der Waals surface area (Å²) in [6.07, 6.45) is 1.96. The van der Waals surface area contributed by atoms with E-state index in [0.29, 0.717) is 23.1 Å². The van der Waals surface area contributed by atoms with Gasteiger partial charge in [-0.2, -0.15) is 0 Å². The second-order valence-electron chi connectivity index (χ2n) is 5.56. The van der Waals surface area contributed by atoms with Crippen molar-refractivity contribution < 1.29 is 9.13 Å². The molecule has 0 spiro atoms. The largest absolute Gasteiger partial charge is 0.383 e. The lowest BCUT2D eigenvalue weighted by Crippen LogP contribution is -2.49. The van der Waals surface area contributed by atoms with E-state index in [0.717, 1.165) is 25.9 Å². The first-order chi connectivity index (χ1) is 9.09. The van der Waals surface area contributed by atoms with Crippen molar-refractivity contribution in [1.82, 2.24) is 5.32 Å². The van der Waals surface area contributed by atoms with Crippen LogP contribution in [-0.2, 0) is 10.2 Å². The van der Waals surface area contributed by atoms with E-state index in [4.69, 9.17) is 16.3 Å². The SMILES string of the molecule is COCCNCC1(c2c(F)cccc2Cl)CC(C)C1. The molecule has 1 N–H and O–H groups in total. The van der Waals surface area contributed by atoms with E-state index >= 15 is 0 Å². The molecule has 106 valence electrons. The Bertz CT molecular complexity index is 412. The molecule has 0 unspecified atom stereocenters. The summed E-state index contributed by atoms with van der Waals surface area (Å²) in [6.45, 7) is 4.39. The van der Waals surface area contributed by atoms with Gasteiger partial charge in [0.2, 0.25) is 0 Å². The first kappa shape index (κ1) is 14.8. The first-order valence-electron chi connectivity index (χ1n) is 6.73. The van der Waals surface area contributed by atoms with Crippen molar-refractivity contribution in [1.29, 1.82) is 0 Å². The third kappa shape index (κ3) is 3.10. The average Bonchev–Trinajstić information content (AvgIpc) is 2.32. The van der Waals surface area contributed by atoms with Gasteiger partial charge < -0.3 is 10.1 Å². The average molecular weight is 286 g/mol. The Labute approximate surface area is 119 Å². The molecule has 1 fully saturated rings. The summed E-state index contributed by atoms with van der Waals surface area (Å²) >= 11 is 6.22. The summed E-state index contributed by atoms with van der Waals surface area (Å²) in [4.78, 5) is 0. The number of ether oxygens (including phenoxy) is 1. The number of nitrogens with one attached hydrogen (secondary N) is 1. The van der Waals surface area contributed by atoms with Crippen LogP contribution in [0.25, 0.3) is 0 Å². The maximum atomic E-state index is 14.1. The van der Waals surface area contributed by atoms with Crippen molar-refractivity contribution in [2.24, 2.45) is 5.92 Å². The Morgan fingerprint density at radius 3 is 2.79 bits per heavy atom. The molecule has 19 heavy (non-hydrogen) atoms. The smallest absolute Gasteiger partial charge is 0.128 e. The predicted octanol–water partition coefficient (Wildman–Crippen LogP) is 3.38. The maximum Gasteiger partial charge on any atom is 0.128 e. The molecule has 0 atom stereocenters. The molecule has 2 rings (SSSR count). The fourth-order valence-corrected chi connectivity index (χ4v) is 3.58. The lowest BCUT2D eigenvalue weighted by molar-refractivity contribution is 0.140. The topological polar surface area (TPSA) is 21.3 Å². The third-order valence-corrected chi connectivity index (χ3v) is 4.23. The highest BCUT2D eigenvalue weighted by Gasteiger charge is 2.45. The van der Waals surface area contributed by atoms with E-state index in [-0.39, 0.29) is 11.2 Å². The van der Waals surface area contributed by atoms with Crippen LogP contribution in [0.1, 0.15) is 25.3 Å². The predicted molar refractivity (Wildman–Crippen MR) is 76.2 cm³/mol. The molecule has 0 radical (unpaired) electrons. The van der Waals surface area contributed by atoms with Crippen molar-refractivity contribution in [3.8, 4) is 0 Å². The summed E-state index contributed by atoms with van der Waals surface area (Å²) in [7, 11) is 1.68. The van der Waals surface area contributed by atoms with Gasteiger partial charge in [-0.15, -0.1) is 0 Å². The minimum Gasteiger partial charge on any atom is -0.383 e. The second-order valence-corrected chi connectivity index (χ2v) is 5.97. The lowest BCUT2D eigenvalue weighted by atomic mass is 9.59. The number of hydrogen-bond acceptors (Lipinski definition) is 2. The third-order valence-electron chi connectivity index (χ3n) is 3.92. The van der Waals surface area contributed by atoms with E-state index < -0.39 is 0 Å².